The second kappa shape index (κ2) is 10.1. The Bertz CT molecular complexity index is 1060. The van der Waals surface area contributed by atoms with Crippen LogP contribution in [0.2, 0.25) is 0 Å². The van der Waals surface area contributed by atoms with Gasteiger partial charge in [0.2, 0.25) is 5.91 Å². The van der Waals surface area contributed by atoms with E-state index in [1.165, 1.54) is 0 Å². The summed E-state index contributed by atoms with van der Waals surface area (Å²) in [7, 11) is 0. The number of carbonyl (C=O) groups is 3. The molecule has 2 unspecified atom stereocenters. The molecule has 2 amide bonds. The van der Waals surface area contributed by atoms with Gasteiger partial charge in [-0.15, -0.1) is 0 Å². The number of benzene rings is 2. The topological polar surface area (TPSA) is 116 Å². The van der Waals surface area contributed by atoms with Crippen molar-refractivity contribution in [1.82, 2.24) is 10.2 Å². The van der Waals surface area contributed by atoms with Gasteiger partial charge in [0.1, 0.15) is 12.6 Å². The van der Waals surface area contributed by atoms with Crippen LogP contribution in [0.3, 0.4) is 0 Å². The molecule has 0 radical (unpaired) electrons. The molecule has 8 nitrogen and oxygen atoms in total. The normalized spacial score (nSPS) is 18.0. The number of carboxylic acids is 1. The average molecular weight is 481 g/mol. The molecule has 8 heteroatoms. The van der Waals surface area contributed by atoms with E-state index in [1.807, 2.05) is 48.5 Å². The fraction of sp³-hybridized carbons (Fsp3) is 0.444. The summed E-state index contributed by atoms with van der Waals surface area (Å²) in [6.07, 6.45) is -0.412. The summed E-state index contributed by atoms with van der Waals surface area (Å²) < 4.78 is 5.56. The van der Waals surface area contributed by atoms with E-state index in [4.69, 9.17) is 9.84 Å². The van der Waals surface area contributed by atoms with Crippen LogP contribution in [0.5, 0.6) is 0 Å². The molecular formula is C27H32N2O6. The van der Waals surface area contributed by atoms with Crippen molar-refractivity contribution in [3.05, 3.63) is 59.7 Å². The first-order valence-corrected chi connectivity index (χ1v) is 12.0. The zero-order valence-corrected chi connectivity index (χ0v) is 20.1. The first kappa shape index (κ1) is 24.7. The molecule has 0 aromatic heterocycles. The van der Waals surface area contributed by atoms with Crippen molar-refractivity contribution in [2.24, 2.45) is 5.92 Å². The first-order valence-electron chi connectivity index (χ1n) is 12.0. The predicted molar refractivity (Wildman–Crippen MR) is 130 cm³/mol. The smallest absolute Gasteiger partial charge is 0.407 e. The molecule has 0 spiro atoms. The van der Waals surface area contributed by atoms with Crippen LogP contribution in [-0.4, -0.2) is 64.4 Å². The van der Waals surface area contributed by atoms with Crippen LogP contribution in [-0.2, 0) is 14.3 Å². The molecule has 2 atom stereocenters. The Labute approximate surface area is 204 Å². The Morgan fingerprint density at radius 3 is 2.23 bits per heavy atom. The van der Waals surface area contributed by atoms with Crippen LogP contribution in [0, 0.1) is 5.92 Å². The number of nitrogens with zero attached hydrogens (tertiary/aromatic N) is 1. The van der Waals surface area contributed by atoms with Gasteiger partial charge in [-0.3, -0.25) is 9.59 Å². The number of hydrogen-bond acceptors (Lipinski definition) is 5. The molecule has 3 N–H and O–H groups in total. The van der Waals surface area contributed by atoms with E-state index in [-0.39, 0.29) is 37.2 Å². The molecule has 1 aliphatic heterocycles. The highest BCUT2D eigenvalue weighted by Crippen LogP contribution is 2.44. The van der Waals surface area contributed by atoms with E-state index in [2.05, 4.69) is 5.32 Å². The summed E-state index contributed by atoms with van der Waals surface area (Å²) in [6.45, 7) is 4.33. The van der Waals surface area contributed by atoms with Crippen molar-refractivity contribution in [3.63, 3.8) is 0 Å². The Balaban J connectivity index is 1.41. The number of rotatable bonds is 8. The molecule has 1 aliphatic carbocycles. The Hall–Kier alpha value is -3.39. The summed E-state index contributed by atoms with van der Waals surface area (Å²) >= 11 is 0. The Kier molecular flexibility index (Phi) is 7.12. The third-order valence-electron chi connectivity index (χ3n) is 7.08. The lowest BCUT2D eigenvalue weighted by Gasteiger charge is -2.27. The van der Waals surface area contributed by atoms with Crippen LogP contribution in [0.1, 0.15) is 50.2 Å². The minimum atomic E-state index is -1.05. The molecule has 2 aromatic rings. The standard InChI is InChI=1S/C27H32N2O6/c1-27(2,34)17-13-14-29(15-17)25(32)23(11-12-24(30)31)28-26(33)35-16-22-20-9-5-3-7-18(20)19-8-4-6-10-21(19)22/h3-10,17,22-23,34H,11-16H2,1-2H3,(H,28,33)(H,30,31). The Morgan fingerprint density at radius 1 is 1.09 bits per heavy atom. The molecule has 2 aromatic carbocycles. The number of nitrogens with one attached hydrogen (secondary N) is 1. The number of ether oxygens (including phenoxy) is 1. The lowest BCUT2D eigenvalue weighted by molar-refractivity contribution is -0.137. The highest BCUT2D eigenvalue weighted by Gasteiger charge is 2.38. The second-order valence-corrected chi connectivity index (χ2v) is 9.88. The fourth-order valence-electron chi connectivity index (χ4n) is 5.06. The van der Waals surface area contributed by atoms with Gasteiger partial charge in [0, 0.05) is 31.3 Å². The SMILES string of the molecule is CC(C)(O)C1CCN(C(=O)C(CCC(=O)O)NC(=O)OCC2c3ccccc3-c3ccccc32)C1. The van der Waals surface area contributed by atoms with Crippen LogP contribution < -0.4 is 5.32 Å². The number of aliphatic carboxylic acids is 1. The van der Waals surface area contributed by atoms with Gasteiger partial charge in [-0.25, -0.2) is 4.79 Å². The number of fused-ring (bicyclic) bond motifs is 3. The zero-order chi connectivity index (χ0) is 25.2. The summed E-state index contributed by atoms with van der Waals surface area (Å²) in [6, 6.07) is 15.0. The monoisotopic (exact) mass is 480 g/mol. The first-order chi connectivity index (χ1) is 16.6. The third-order valence-corrected chi connectivity index (χ3v) is 7.08. The molecule has 0 saturated carbocycles. The Morgan fingerprint density at radius 2 is 1.69 bits per heavy atom. The maximum absolute atomic E-state index is 13.1. The molecule has 4 rings (SSSR count). The highest BCUT2D eigenvalue weighted by molar-refractivity contribution is 5.86. The van der Waals surface area contributed by atoms with Crippen molar-refractivity contribution in [2.45, 2.75) is 50.7 Å². The minimum Gasteiger partial charge on any atom is -0.481 e. The molecular weight excluding hydrogens is 448 g/mol. The maximum atomic E-state index is 13.1. The van der Waals surface area contributed by atoms with Gasteiger partial charge in [0.05, 0.1) is 5.60 Å². The average Bonchev–Trinajstić information content (AvgIpc) is 3.44. The fourth-order valence-corrected chi connectivity index (χ4v) is 5.06. The summed E-state index contributed by atoms with van der Waals surface area (Å²) in [5.74, 6) is -1.60. The molecule has 2 aliphatic rings. The lowest BCUT2D eigenvalue weighted by Crippen LogP contribution is -2.49. The number of amides is 2. The summed E-state index contributed by atoms with van der Waals surface area (Å²) in [5.41, 5.74) is 3.46. The van der Waals surface area contributed by atoms with Crippen molar-refractivity contribution in [2.75, 3.05) is 19.7 Å². The maximum Gasteiger partial charge on any atom is 0.407 e. The molecule has 1 heterocycles. The number of aliphatic hydroxyl groups is 1. The van der Waals surface area contributed by atoms with Gasteiger partial charge in [-0.1, -0.05) is 48.5 Å². The molecule has 1 saturated heterocycles. The largest absolute Gasteiger partial charge is 0.481 e. The second-order valence-electron chi connectivity index (χ2n) is 9.88. The van der Waals surface area contributed by atoms with E-state index >= 15 is 0 Å². The number of carboxylic acid groups (broad SMARTS) is 1. The van der Waals surface area contributed by atoms with Gasteiger partial charge in [-0.05, 0) is 48.9 Å². The van der Waals surface area contributed by atoms with Crippen molar-refractivity contribution < 1.29 is 29.3 Å². The van der Waals surface area contributed by atoms with E-state index in [0.29, 0.717) is 19.5 Å². The lowest BCUT2D eigenvalue weighted by atomic mass is 9.90. The van der Waals surface area contributed by atoms with Crippen molar-refractivity contribution in [3.8, 4) is 11.1 Å². The van der Waals surface area contributed by atoms with Gasteiger partial charge < -0.3 is 25.2 Å². The number of hydrogen-bond donors (Lipinski definition) is 3. The van der Waals surface area contributed by atoms with Gasteiger partial charge in [0.15, 0.2) is 0 Å². The number of carbonyl (C=O) groups excluding carboxylic acids is 2. The third kappa shape index (κ3) is 5.48. The van der Waals surface area contributed by atoms with Gasteiger partial charge in [-0.2, -0.15) is 0 Å². The number of alkyl carbamates (subject to hydrolysis) is 1. The van der Waals surface area contributed by atoms with Crippen LogP contribution in [0.25, 0.3) is 11.1 Å². The van der Waals surface area contributed by atoms with E-state index in [9.17, 15) is 19.5 Å². The molecule has 1 fully saturated rings. The summed E-state index contributed by atoms with van der Waals surface area (Å²) in [5, 5.41) is 22.0. The van der Waals surface area contributed by atoms with E-state index < -0.39 is 23.7 Å². The molecule has 0 bridgehead atoms. The highest BCUT2D eigenvalue weighted by atomic mass is 16.5. The van der Waals surface area contributed by atoms with Crippen molar-refractivity contribution in [1.29, 1.82) is 0 Å². The van der Waals surface area contributed by atoms with Crippen LogP contribution >= 0.6 is 0 Å². The number of likely N-dealkylation sites (tertiary alicyclic amines) is 1. The van der Waals surface area contributed by atoms with Crippen LogP contribution in [0.4, 0.5) is 4.79 Å². The van der Waals surface area contributed by atoms with Crippen molar-refractivity contribution >= 4 is 18.0 Å². The predicted octanol–water partition coefficient (Wildman–Crippen LogP) is 3.38. The molecule has 186 valence electrons. The summed E-state index contributed by atoms with van der Waals surface area (Å²) in [4.78, 5) is 38.6. The minimum absolute atomic E-state index is 0.0396. The quantitative estimate of drug-likeness (QED) is 0.533. The van der Waals surface area contributed by atoms with E-state index in [0.717, 1.165) is 22.3 Å². The van der Waals surface area contributed by atoms with Crippen LogP contribution in [0.15, 0.2) is 48.5 Å². The molecule has 35 heavy (non-hydrogen) atoms. The van der Waals surface area contributed by atoms with E-state index in [1.54, 1.807) is 18.7 Å². The van der Waals surface area contributed by atoms with Gasteiger partial charge in [0.25, 0.3) is 0 Å². The van der Waals surface area contributed by atoms with Gasteiger partial charge >= 0.3 is 12.1 Å². The zero-order valence-electron chi connectivity index (χ0n) is 20.1.